The van der Waals surface area contributed by atoms with Crippen LogP contribution in [0.3, 0.4) is 0 Å². The van der Waals surface area contributed by atoms with Gasteiger partial charge in [0.05, 0.1) is 0 Å². The summed E-state index contributed by atoms with van der Waals surface area (Å²) >= 11 is 2.00. The molecule has 0 aromatic carbocycles. The average molecular weight is 308 g/mol. The number of carbonyl (C=O) groups is 1. The maximum absolute atomic E-state index is 11.2. The molecule has 0 amide bonds. The minimum Gasteiger partial charge on any atom is -0.461 e. The van der Waals surface area contributed by atoms with Crippen molar-refractivity contribution in [2.24, 2.45) is 0 Å². The van der Waals surface area contributed by atoms with Crippen molar-refractivity contribution in [1.29, 1.82) is 0 Å². The van der Waals surface area contributed by atoms with Crippen molar-refractivity contribution < 1.29 is 14.3 Å². The first kappa shape index (κ1) is 10.3. The van der Waals surface area contributed by atoms with Crippen LogP contribution in [0.5, 0.6) is 0 Å². The quantitative estimate of drug-likeness (QED) is 0.736. The molecule has 14 heavy (non-hydrogen) atoms. The molecule has 1 heterocycles. The van der Waals surface area contributed by atoms with Crippen molar-refractivity contribution in [3.8, 4) is 0 Å². The molecule has 0 aromatic heterocycles. The highest BCUT2D eigenvalue weighted by molar-refractivity contribution is 14.1. The van der Waals surface area contributed by atoms with E-state index in [1.54, 1.807) is 0 Å². The Labute approximate surface area is 97.0 Å². The van der Waals surface area contributed by atoms with Gasteiger partial charge in [-0.15, -0.1) is 0 Å². The highest BCUT2D eigenvalue weighted by Crippen LogP contribution is 2.28. The molecule has 2 rings (SSSR count). The largest absolute Gasteiger partial charge is 0.461 e. The second-order valence-electron chi connectivity index (χ2n) is 3.69. The van der Waals surface area contributed by atoms with Gasteiger partial charge in [0.1, 0.15) is 9.68 Å². The number of hydrogen-bond acceptors (Lipinski definition) is 3. The van der Waals surface area contributed by atoms with Crippen LogP contribution in [0, 0.1) is 0 Å². The van der Waals surface area contributed by atoms with Crippen LogP contribution >= 0.6 is 22.6 Å². The van der Waals surface area contributed by atoms with E-state index in [-0.39, 0.29) is 18.5 Å². The number of ether oxygens (including phenoxy) is 2. The van der Waals surface area contributed by atoms with Crippen LogP contribution in [0.25, 0.3) is 0 Å². The molecule has 1 aliphatic carbocycles. The smallest absolute Gasteiger partial charge is 0.297 e. The molecular weight excluding hydrogens is 295 g/mol. The summed E-state index contributed by atoms with van der Waals surface area (Å²) in [5, 5.41) is 0. The van der Waals surface area contributed by atoms with Crippen LogP contribution in [-0.4, -0.2) is 18.5 Å². The van der Waals surface area contributed by atoms with Crippen LogP contribution in [0.4, 0.5) is 0 Å². The first-order valence-corrected chi connectivity index (χ1v) is 6.07. The summed E-state index contributed by atoms with van der Waals surface area (Å²) in [6, 6.07) is 0. The molecule has 0 aromatic rings. The summed E-state index contributed by atoms with van der Waals surface area (Å²) in [5.74, 6) is 0.499. The number of carbonyl (C=O) groups excluding carboxylic acids is 1. The normalized spacial score (nSPS) is 23.9. The number of Topliss-reactive ketones (excluding diaryl/α,β-unsaturated/α-hetero) is 1. The predicted octanol–water partition coefficient (Wildman–Crippen LogP) is 2.54. The molecule has 0 bridgehead atoms. The summed E-state index contributed by atoms with van der Waals surface area (Å²) in [6.07, 6.45) is 6.19. The van der Waals surface area contributed by atoms with Crippen molar-refractivity contribution in [1.82, 2.24) is 0 Å². The molecular formula is C10H13IO3. The molecule has 0 unspecified atom stereocenters. The Morgan fingerprint density at radius 1 is 1.29 bits per heavy atom. The third-order valence-corrected chi connectivity index (χ3v) is 3.63. The third-order valence-electron chi connectivity index (χ3n) is 2.58. The molecule has 0 N–H and O–H groups in total. The Hall–Kier alpha value is -0.260. The van der Waals surface area contributed by atoms with Crippen LogP contribution in [0.1, 0.15) is 32.1 Å². The van der Waals surface area contributed by atoms with Gasteiger partial charge in [0.2, 0.25) is 5.78 Å². The van der Waals surface area contributed by atoms with Gasteiger partial charge in [-0.3, -0.25) is 4.79 Å². The highest BCUT2D eigenvalue weighted by Gasteiger charge is 2.27. The van der Waals surface area contributed by atoms with E-state index in [4.69, 9.17) is 9.47 Å². The monoisotopic (exact) mass is 308 g/mol. The fraction of sp³-hybridized carbons (Fsp3) is 0.700. The summed E-state index contributed by atoms with van der Waals surface area (Å²) in [7, 11) is 0. The topological polar surface area (TPSA) is 35.5 Å². The van der Waals surface area contributed by atoms with E-state index < -0.39 is 0 Å². The second-order valence-corrected chi connectivity index (χ2v) is 4.77. The van der Waals surface area contributed by atoms with Crippen LogP contribution in [-0.2, 0) is 14.3 Å². The standard InChI is InChI=1S/C10H13IO3/c11-9-8(12)6-13-10(9)14-7-4-2-1-3-5-7/h7H,1-6H2. The zero-order chi connectivity index (χ0) is 9.97. The Morgan fingerprint density at radius 2 is 2.00 bits per heavy atom. The van der Waals surface area contributed by atoms with Gasteiger partial charge >= 0.3 is 0 Å². The molecule has 0 atom stereocenters. The van der Waals surface area contributed by atoms with E-state index in [2.05, 4.69) is 0 Å². The SMILES string of the molecule is O=C1COC(OC2CCCCC2)=C1I. The molecule has 1 saturated carbocycles. The Kier molecular flexibility index (Phi) is 3.30. The Bertz CT molecular complexity index is 267. The van der Waals surface area contributed by atoms with Gasteiger partial charge in [-0.05, 0) is 48.3 Å². The Balaban J connectivity index is 1.93. The molecule has 2 aliphatic rings. The predicted molar refractivity (Wildman–Crippen MR) is 60.0 cm³/mol. The van der Waals surface area contributed by atoms with E-state index in [0.717, 1.165) is 12.8 Å². The number of halogens is 1. The second kappa shape index (κ2) is 4.51. The maximum Gasteiger partial charge on any atom is 0.297 e. The summed E-state index contributed by atoms with van der Waals surface area (Å²) in [4.78, 5) is 11.2. The first-order chi connectivity index (χ1) is 6.77. The zero-order valence-corrected chi connectivity index (χ0v) is 10.1. The maximum atomic E-state index is 11.2. The molecule has 0 radical (unpaired) electrons. The number of hydrogen-bond donors (Lipinski definition) is 0. The third kappa shape index (κ3) is 2.21. The van der Waals surface area contributed by atoms with E-state index in [0.29, 0.717) is 9.53 Å². The van der Waals surface area contributed by atoms with Crippen LogP contribution in [0.2, 0.25) is 0 Å². The van der Waals surface area contributed by atoms with Crippen LogP contribution < -0.4 is 0 Å². The first-order valence-electron chi connectivity index (χ1n) is 5.00. The van der Waals surface area contributed by atoms with Crippen molar-refractivity contribution >= 4 is 28.4 Å². The lowest BCUT2D eigenvalue weighted by Gasteiger charge is -2.22. The fourth-order valence-electron chi connectivity index (χ4n) is 1.79. The lowest BCUT2D eigenvalue weighted by atomic mass is 9.98. The minimum atomic E-state index is 0.0383. The van der Waals surface area contributed by atoms with E-state index >= 15 is 0 Å². The molecule has 1 aliphatic heterocycles. The summed E-state index contributed by atoms with van der Waals surface area (Å²) < 4.78 is 11.5. The number of ketones is 1. The molecule has 0 saturated heterocycles. The van der Waals surface area contributed by atoms with E-state index in [1.165, 1.54) is 19.3 Å². The van der Waals surface area contributed by atoms with Crippen molar-refractivity contribution in [2.45, 2.75) is 38.2 Å². The zero-order valence-electron chi connectivity index (χ0n) is 7.92. The van der Waals surface area contributed by atoms with Gasteiger partial charge in [-0.2, -0.15) is 0 Å². The van der Waals surface area contributed by atoms with Gasteiger partial charge < -0.3 is 9.47 Å². The lowest BCUT2D eigenvalue weighted by molar-refractivity contribution is -0.116. The molecule has 1 fully saturated rings. The fourth-order valence-corrected chi connectivity index (χ4v) is 2.23. The van der Waals surface area contributed by atoms with Gasteiger partial charge in [0, 0.05) is 0 Å². The van der Waals surface area contributed by atoms with Gasteiger partial charge in [0.15, 0.2) is 6.61 Å². The van der Waals surface area contributed by atoms with Crippen molar-refractivity contribution in [3.63, 3.8) is 0 Å². The molecule has 78 valence electrons. The van der Waals surface area contributed by atoms with Gasteiger partial charge in [-0.1, -0.05) is 6.42 Å². The molecule has 0 spiro atoms. The molecule has 4 heteroatoms. The Morgan fingerprint density at radius 3 is 2.57 bits per heavy atom. The van der Waals surface area contributed by atoms with Gasteiger partial charge in [0.25, 0.3) is 5.95 Å². The molecule has 3 nitrogen and oxygen atoms in total. The summed E-state index contributed by atoms with van der Waals surface area (Å²) in [6.45, 7) is 0.153. The van der Waals surface area contributed by atoms with E-state index in [9.17, 15) is 4.79 Å². The highest BCUT2D eigenvalue weighted by atomic mass is 127. The van der Waals surface area contributed by atoms with Crippen LogP contribution in [0.15, 0.2) is 9.53 Å². The minimum absolute atomic E-state index is 0.0383. The summed E-state index contributed by atoms with van der Waals surface area (Å²) in [5.41, 5.74) is 0. The van der Waals surface area contributed by atoms with Crippen molar-refractivity contribution in [2.75, 3.05) is 6.61 Å². The number of rotatable bonds is 2. The lowest BCUT2D eigenvalue weighted by Crippen LogP contribution is -2.16. The van der Waals surface area contributed by atoms with Gasteiger partial charge in [-0.25, -0.2) is 0 Å². The average Bonchev–Trinajstić information content (AvgIpc) is 2.52. The van der Waals surface area contributed by atoms with E-state index in [1.807, 2.05) is 22.6 Å². The van der Waals surface area contributed by atoms with Crippen molar-refractivity contribution in [3.05, 3.63) is 9.53 Å².